The molecule has 1 saturated carbocycles. The summed E-state index contributed by atoms with van der Waals surface area (Å²) >= 11 is 0. The van der Waals surface area contributed by atoms with Crippen LogP contribution < -0.4 is 5.32 Å². The molecule has 0 heterocycles. The summed E-state index contributed by atoms with van der Waals surface area (Å²) in [5, 5.41) is 3.27. The van der Waals surface area contributed by atoms with Crippen LogP contribution in [0.2, 0.25) is 0 Å². The second kappa shape index (κ2) is 3.71. The molecule has 2 nitrogen and oxygen atoms in total. The molecule has 2 heteroatoms. The van der Waals surface area contributed by atoms with E-state index in [1.807, 2.05) is 14.1 Å². The van der Waals surface area contributed by atoms with Gasteiger partial charge in [-0.3, -0.25) is 4.99 Å². The van der Waals surface area contributed by atoms with Gasteiger partial charge in [0.2, 0.25) is 0 Å². The average molecular weight is 140 g/mol. The van der Waals surface area contributed by atoms with E-state index in [1.54, 1.807) is 0 Å². The molecule has 1 N–H and O–H groups in total. The van der Waals surface area contributed by atoms with Crippen molar-refractivity contribution in [2.75, 3.05) is 14.1 Å². The van der Waals surface area contributed by atoms with Crippen molar-refractivity contribution in [3.8, 4) is 0 Å². The summed E-state index contributed by atoms with van der Waals surface area (Å²) in [6, 6.07) is 0.568. The van der Waals surface area contributed by atoms with Gasteiger partial charge in [-0.05, 0) is 26.3 Å². The molecule has 0 bridgehead atoms. The predicted octanol–water partition coefficient (Wildman–Crippen LogP) is 1.22. The molecule has 1 aliphatic carbocycles. The van der Waals surface area contributed by atoms with Gasteiger partial charge in [0.25, 0.3) is 0 Å². The molecule has 0 amide bonds. The molecule has 0 saturated heterocycles. The minimum absolute atomic E-state index is 0.568. The van der Waals surface area contributed by atoms with E-state index < -0.39 is 0 Å². The SMILES string of the molecule is C/N=C1\CCCC[C@H]1NC. The van der Waals surface area contributed by atoms with Crippen molar-refractivity contribution in [3.05, 3.63) is 0 Å². The molecular weight excluding hydrogens is 124 g/mol. The second-order valence-electron chi connectivity index (χ2n) is 2.80. The highest BCUT2D eigenvalue weighted by atomic mass is 14.9. The first-order chi connectivity index (χ1) is 4.88. The number of rotatable bonds is 1. The van der Waals surface area contributed by atoms with Crippen molar-refractivity contribution < 1.29 is 0 Å². The maximum absolute atomic E-state index is 4.25. The molecule has 0 aliphatic heterocycles. The zero-order valence-electron chi connectivity index (χ0n) is 6.85. The van der Waals surface area contributed by atoms with Crippen molar-refractivity contribution in [3.63, 3.8) is 0 Å². The van der Waals surface area contributed by atoms with Crippen LogP contribution in [0.4, 0.5) is 0 Å². The van der Waals surface area contributed by atoms with Gasteiger partial charge in [-0.15, -0.1) is 0 Å². The predicted molar refractivity (Wildman–Crippen MR) is 44.7 cm³/mol. The minimum atomic E-state index is 0.568. The number of nitrogens with zero attached hydrogens (tertiary/aromatic N) is 1. The zero-order chi connectivity index (χ0) is 7.40. The molecule has 0 unspecified atom stereocenters. The van der Waals surface area contributed by atoms with Gasteiger partial charge in [-0.25, -0.2) is 0 Å². The molecule has 1 aliphatic rings. The smallest absolute Gasteiger partial charge is 0.0448 e. The molecule has 1 atom stereocenters. The van der Waals surface area contributed by atoms with Crippen molar-refractivity contribution in [1.82, 2.24) is 5.32 Å². The number of aliphatic imine (C=N–C) groups is 1. The number of hydrogen-bond acceptors (Lipinski definition) is 2. The fraction of sp³-hybridized carbons (Fsp3) is 0.875. The van der Waals surface area contributed by atoms with Crippen LogP contribution in [0.1, 0.15) is 25.7 Å². The van der Waals surface area contributed by atoms with Crippen LogP contribution >= 0.6 is 0 Å². The van der Waals surface area contributed by atoms with Crippen LogP contribution in [0.3, 0.4) is 0 Å². The summed E-state index contributed by atoms with van der Waals surface area (Å²) in [4.78, 5) is 4.25. The Morgan fingerprint density at radius 1 is 1.50 bits per heavy atom. The van der Waals surface area contributed by atoms with Gasteiger partial charge in [0, 0.05) is 18.8 Å². The van der Waals surface area contributed by atoms with E-state index in [2.05, 4.69) is 10.3 Å². The summed E-state index contributed by atoms with van der Waals surface area (Å²) in [5.41, 5.74) is 1.36. The van der Waals surface area contributed by atoms with Gasteiger partial charge in [0.05, 0.1) is 0 Å². The quantitative estimate of drug-likeness (QED) is 0.582. The summed E-state index contributed by atoms with van der Waals surface area (Å²) in [5.74, 6) is 0. The topological polar surface area (TPSA) is 24.4 Å². The molecule has 0 spiro atoms. The summed E-state index contributed by atoms with van der Waals surface area (Å²) in [7, 11) is 3.91. The van der Waals surface area contributed by atoms with Gasteiger partial charge in [-0.2, -0.15) is 0 Å². The fourth-order valence-electron chi connectivity index (χ4n) is 1.57. The van der Waals surface area contributed by atoms with Crippen LogP contribution in [-0.2, 0) is 0 Å². The highest BCUT2D eigenvalue weighted by molar-refractivity contribution is 5.90. The Kier molecular flexibility index (Phi) is 2.87. The van der Waals surface area contributed by atoms with Crippen molar-refractivity contribution in [2.45, 2.75) is 31.7 Å². The van der Waals surface area contributed by atoms with Crippen molar-refractivity contribution in [1.29, 1.82) is 0 Å². The van der Waals surface area contributed by atoms with Gasteiger partial charge < -0.3 is 5.32 Å². The molecule has 0 aromatic carbocycles. The van der Waals surface area contributed by atoms with E-state index in [4.69, 9.17) is 0 Å². The van der Waals surface area contributed by atoms with Crippen LogP contribution in [0.25, 0.3) is 0 Å². The summed E-state index contributed by atoms with van der Waals surface area (Å²) in [6.07, 6.45) is 5.14. The Balaban J connectivity index is 2.50. The minimum Gasteiger partial charge on any atom is -0.312 e. The Morgan fingerprint density at radius 2 is 2.30 bits per heavy atom. The Hall–Kier alpha value is -0.370. The fourth-order valence-corrected chi connectivity index (χ4v) is 1.57. The molecule has 0 aromatic heterocycles. The van der Waals surface area contributed by atoms with Gasteiger partial charge in [0.15, 0.2) is 0 Å². The third-order valence-corrected chi connectivity index (χ3v) is 2.21. The van der Waals surface area contributed by atoms with Crippen LogP contribution in [-0.4, -0.2) is 25.8 Å². The lowest BCUT2D eigenvalue weighted by atomic mass is 9.93. The molecular formula is C8H16N2. The molecule has 58 valence electrons. The molecule has 0 aromatic rings. The Labute approximate surface area is 62.7 Å². The van der Waals surface area contributed by atoms with Crippen LogP contribution in [0.15, 0.2) is 4.99 Å². The van der Waals surface area contributed by atoms with Gasteiger partial charge in [-0.1, -0.05) is 6.42 Å². The maximum atomic E-state index is 4.25. The third-order valence-electron chi connectivity index (χ3n) is 2.21. The van der Waals surface area contributed by atoms with Crippen LogP contribution in [0.5, 0.6) is 0 Å². The highest BCUT2D eigenvalue weighted by Gasteiger charge is 2.16. The number of nitrogens with one attached hydrogen (secondary N) is 1. The summed E-state index contributed by atoms with van der Waals surface area (Å²) < 4.78 is 0. The molecule has 10 heavy (non-hydrogen) atoms. The maximum Gasteiger partial charge on any atom is 0.0448 e. The van der Waals surface area contributed by atoms with E-state index in [9.17, 15) is 0 Å². The first kappa shape index (κ1) is 7.73. The Morgan fingerprint density at radius 3 is 2.80 bits per heavy atom. The number of hydrogen-bond donors (Lipinski definition) is 1. The van der Waals surface area contributed by atoms with Crippen LogP contribution in [0, 0.1) is 0 Å². The zero-order valence-corrected chi connectivity index (χ0v) is 6.85. The van der Waals surface area contributed by atoms with Gasteiger partial charge >= 0.3 is 0 Å². The van der Waals surface area contributed by atoms with E-state index in [0.29, 0.717) is 6.04 Å². The Bertz CT molecular complexity index is 129. The van der Waals surface area contributed by atoms with E-state index in [0.717, 1.165) is 0 Å². The molecule has 1 rings (SSSR count). The largest absolute Gasteiger partial charge is 0.312 e. The lowest BCUT2D eigenvalue weighted by Crippen LogP contribution is -2.36. The lowest BCUT2D eigenvalue weighted by Gasteiger charge is -2.22. The van der Waals surface area contributed by atoms with Crippen molar-refractivity contribution in [2.24, 2.45) is 4.99 Å². The average Bonchev–Trinajstić information content (AvgIpc) is 2.04. The van der Waals surface area contributed by atoms with E-state index in [1.165, 1.54) is 31.4 Å². The van der Waals surface area contributed by atoms with E-state index in [-0.39, 0.29) is 0 Å². The standard InChI is InChI=1S/C8H16N2/c1-9-7-5-3-4-6-8(7)10-2/h7,9H,3-6H2,1-2H3/b10-8+/t7-/m1/s1. The summed E-state index contributed by atoms with van der Waals surface area (Å²) in [6.45, 7) is 0. The third kappa shape index (κ3) is 1.57. The first-order valence-electron chi connectivity index (χ1n) is 4.01. The lowest BCUT2D eigenvalue weighted by molar-refractivity contribution is 0.548. The van der Waals surface area contributed by atoms with E-state index >= 15 is 0 Å². The van der Waals surface area contributed by atoms with Crippen molar-refractivity contribution >= 4 is 5.71 Å². The highest BCUT2D eigenvalue weighted by Crippen LogP contribution is 2.14. The second-order valence-corrected chi connectivity index (χ2v) is 2.80. The molecule has 1 fully saturated rings. The van der Waals surface area contributed by atoms with Gasteiger partial charge in [0.1, 0.15) is 0 Å². The monoisotopic (exact) mass is 140 g/mol. The normalized spacial score (nSPS) is 31.0. The molecule has 0 radical (unpaired) electrons. The first-order valence-corrected chi connectivity index (χ1v) is 4.01.